The molecule has 0 radical (unpaired) electrons. The maximum atomic E-state index is 11.1. The predicted octanol–water partition coefficient (Wildman–Crippen LogP) is 4.93. The van der Waals surface area contributed by atoms with E-state index in [1.54, 1.807) is 37.3 Å². The molecule has 0 atom stereocenters. The van der Waals surface area contributed by atoms with Crippen molar-refractivity contribution in [3.05, 3.63) is 87.2 Å². The van der Waals surface area contributed by atoms with Crippen LogP contribution in [0.25, 0.3) is 23.0 Å². The van der Waals surface area contributed by atoms with Crippen LogP contribution in [-0.4, -0.2) is 16.0 Å². The molecule has 138 valence electrons. The van der Waals surface area contributed by atoms with Crippen LogP contribution in [0.15, 0.2) is 59.0 Å². The smallest absolute Gasteiger partial charge is 0.335 e. The number of carboxylic acid groups (broad SMARTS) is 1. The van der Waals surface area contributed by atoms with Gasteiger partial charge in [0, 0.05) is 17.7 Å². The lowest BCUT2D eigenvalue weighted by Crippen LogP contribution is -1.96. The van der Waals surface area contributed by atoms with Gasteiger partial charge in [-0.25, -0.2) is 4.79 Å². The third-order valence-electron chi connectivity index (χ3n) is 4.16. The molecule has 0 saturated heterocycles. The largest absolute Gasteiger partial charge is 0.478 e. The van der Waals surface area contributed by atoms with E-state index in [1.165, 1.54) is 30.3 Å². The van der Waals surface area contributed by atoms with Crippen molar-refractivity contribution in [2.24, 2.45) is 0 Å². The number of hydrogen-bond donors (Lipinski definition) is 1. The van der Waals surface area contributed by atoms with Gasteiger partial charge in [0.05, 0.1) is 22.1 Å². The molecule has 0 fully saturated rings. The number of aromatic carboxylic acids is 1. The van der Waals surface area contributed by atoms with Crippen molar-refractivity contribution in [3.8, 4) is 17.4 Å². The normalized spacial score (nSPS) is 11.1. The fourth-order valence-electron chi connectivity index (χ4n) is 2.73. The highest BCUT2D eigenvalue weighted by Gasteiger charge is 2.12. The molecular weight excluding hydrogens is 360 g/mol. The number of benzene rings is 2. The van der Waals surface area contributed by atoms with Gasteiger partial charge < -0.3 is 9.52 Å². The second-order valence-electron chi connectivity index (χ2n) is 6.01. The SMILES string of the molecule is Cc1cc(C(=O)O)ccc1-c1ccc(/C=C(/C#N)c2ccc([N+](=O)[O-])cc2)o1. The minimum Gasteiger partial charge on any atom is -0.478 e. The Morgan fingerprint density at radius 2 is 1.82 bits per heavy atom. The van der Waals surface area contributed by atoms with Gasteiger partial charge in [-0.05, 0) is 60.5 Å². The number of hydrogen-bond acceptors (Lipinski definition) is 5. The quantitative estimate of drug-likeness (QED) is 0.384. The van der Waals surface area contributed by atoms with Crippen molar-refractivity contribution in [3.63, 3.8) is 0 Å². The van der Waals surface area contributed by atoms with Crippen LogP contribution in [0.1, 0.15) is 27.2 Å². The van der Waals surface area contributed by atoms with Gasteiger partial charge in [-0.1, -0.05) is 6.07 Å². The van der Waals surface area contributed by atoms with Crippen LogP contribution in [0.5, 0.6) is 0 Å². The molecule has 0 aliphatic carbocycles. The number of carbonyl (C=O) groups is 1. The second-order valence-corrected chi connectivity index (χ2v) is 6.01. The molecule has 0 unspecified atom stereocenters. The number of non-ortho nitro benzene ring substituents is 1. The minimum absolute atomic E-state index is 0.0541. The van der Waals surface area contributed by atoms with Crippen molar-refractivity contribution >= 4 is 23.3 Å². The Bertz CT molecular complexity index is 1130. The summed E-state index contributed by atoms with van der Waals surface area (Å²) in [5.41, 5.74) is 2.47. The monoisotopic (exact) mass is 374 g/mol. The van der Waals surface area contributed by atoms with E-state index in [-0.39, 0.29) is 11.3 Å². The zero-order valence-corrected chi connectivity index (χ0v) is 14.7. The van der Waals surface area contributed by atoms with E-state index in [4.69, 9.17) is 9.52 Å². The van der Waals surface area contributed by atoms with E-state index in [0.29, 0.717) is 22.7 Å². The zero-order valence-electron chi connectivity index (χ0n) is 14.7. The van der Waals surface area contributed by atoms with Crippen LogP contribution in [-0.2, 0) is 0 Å². The van der Waals surface area contributed by atoms with Crippen LogP contribution in [0.2, 0.25) is 0 Å². The van der Waals surface area contributed by atoms with Crippen molar-refractivity contribution in [1.29, 1.82) is 5.26 Å². The zero-order chi connectivity index (χ0) is 20.3. The molecule has 28 heavy (non-hydrogen) atoms. The maximum Gasteiger partial charge on any atom is 0.335 e. The number of nitriles is 1. The van der Waals surface area contributed by atoms with E-state index in [0.717, 1.165) is 11.1 Å². The van der Waals surface area contributed by atoms with E-state index in [2.05, 4.69) is 6.07 Å². The molecule has 3 aromatic rings. The number of allylic oxidation sites excluding steroid dienone is 1. The first kappa shape index (κ1) is 18.6. The molecule has 0 amide bonds. The van der Waals surface area contributed by atoms with E-state index in [1.807, 2.05) is 0 Å². The van der Waals surface area contributed by atoms with Gasteiger partial charge in [0.25, 0.3) is 5.69 Å². The van der Waals surface area contributed by atoms with Crippen molar-refractivity contribution in [1.82, 2.24) is 0 Å². The molecule has 1 aromatic heterocycles. The summed E-state index contributed by atoms with van der Waals surface area (Å²) in [7, 11) is 0. The predicted molar refractivity (Wildman–Crippen MR) is 102 cm³/mol. The lowest BCUT2D eigenvalue weighted by Gasteiger charge is -2.04. The van der Waals surface area contributed by atoms with Crippen LogP contribution in [0.3, 0.4) is 0 Å². The van der Waals surface area contributed by atoms with E-state index in [9.17, 15) is 20.2 Å². The molecule has 7 heteroatoms. The van der Waals surface area contributed by atoms with Gasteiger partial charge in [0.1, 0.15) is 11.5 Å². The van der Waals surface area contributed by atoms with Gasteiger partial charge in [-0.15, -0.1) is 0 Å². The van der Waals surface area contributed by atoms with Crippen LogP contribution >= 0.6 is 0 Å². The van der Waals surface area contributed by atoms with Gasteiger partial charge >= 0.3 is 5.97 Å². The second kappa shape index (κ2) is 7.60. The van der Waals surface area contributed by atoms with Gasteiger partial charge in [-0.3, -0.25) is 10.1 Å². The number of carboxylic acids is 1. The fraction of sp³-hybridized carbons (Fsp3) is 0.0476. The molecule has 1 heterocycles. The van der Waals surface area contributed by atoms with E-state index >= 15 is 0 Å². The van der Waals surface area contributed by atoms with Crippen LogP contribution in [0, 0.1) is 28.4 Å². The molecule has 3 rings (SSSR count). The van der Waals surface area contributed by atoms with Crippen molar-refractivity contribution in [2.75, 3.05) is 0 Å². The van der Waals surface area contributed by atoms with Crippen molar-refractivity contribution < 1.29 is 19.2 Å². The highest BCUT2D eigenvalue weighted by atomic mass is 16.6. The molecular formula is C21H14N2O5. The Kier molecular flexibility index (Phi) is 5.05. The highest BCUT2D eigenvalue weighted by molar-refractivity contribution is 5.90. The molecule has 0 aliphatic rings. The highest BCUT2D eigenvalue weighted by Crippen LogP contribution is 2.28. The summed E-state index contributed by atoms with van der Waals surface area (Å²) in [6.45, 7) is 1.79. The fourth-order valence-corrected chi connectivity index (χ4v) is 2.73. The van der Waals surface area contributed by atoms with Gasteiger partial charge in [0.2, 0.25) is 0 Å². The van der Waals surface area contributed by atoms with Crippen molar-refractivity contribution in [2.45, 2.75) is 6.92 Å². The summed E-state index contributed by atoms with van der Waals surface area (Å²) in [5, 5.41) is 29.2. The topological polar surface area (TPSA) is 117 Å². The molecule has 0 spiro atoms. The Morgan fingerprint density at radius 1 is 1.14 bits per heavy atom. The Labute approximate surface area is 159 Å². The average Bonchev–Trinajstić information content (AvgIpc) is 3.14. The number of furan rings is 1. The standard InChI is InChI=1S/C21H14N2O5/c1-13-10-15(21(24)25)4-8-19(13)20-9-7-18(28-20)11-16(12-22)14-2-5-17(6-3-14)23(26)27/h2-11H,1H3,(H,24,25)/b16-11-. The number of nitro groups is 1. The van der Waals surface area contributed by atoms with Crippen LogP contribution in [0.4, 0.5) is 5.69 Å². The lowest BCUT2D eigenvalue weighted by molar-refractivity contribution is -0.384. The minimum atomic E-state index is -1.00. The molecule has 0 bridgehead atoms. The summed E-state index contributed by atoms with van der Waals surface area (Å²) in [4.78, 5) is 21.3. The molecule has 7 nitrogen and oxygen atoms in total. The molecule has 1 N–H and O–H groups in total. The van der Waals surface area contributed by atoms with Gasteiger partial charge in [-0.2, -0.15) is 5.26 Å². The number of nitrogens with zero attached hydrogens (tertiary/aromatic N) is 2. The maximum absolute atomic E-state index is 11.1. The van der Waals surface area contributed by atoms with Crippen LogP contribution < -0.4 is 0 Å². The third kappa shape index (κ3) is 3.81. The molecule has 0 saturated carbocycles. The number of rotatable bonds is 5. The summed E-state index contributed by atoms with van der Waals surface area (Å²) >= 11 is 0. The summed E-state index contributed by atoms with van der Waals surface area (Å²) in [6, 6.07) is 15.9. The number of nitro benzene ring substituents is 1. The third-order valence-corrected chi connectivity index (χ3v) is 4.16. The molecule has 2 aromatic carbocycles. The first-order chi connectivity index (χ1) is 13.4. The average molecular weight is 374 g/mol. The first-order valence-electron chi connectivity index (χ1n) is 8.20. The Morgan fingerprint density at radius 3 is 2.39 bits per heavy atom. The molecule has 0 aliphatic heterocycles. The Hall–Kier alpha value is -4.18. The number of aryl methyl sites for hydroxylation is 1. The summed E-state index contributed by atoms with van der Waals surface area (Å²) in [5.74, 6) is -0.0206. The van der Waals surface area contributed by atoms with E-state index < -0.39 is 10.9 Å². The first-order valence-corrected chi connectivity index (χ1v) is 8.20. The van der Waals surface area contributed by atoms with Gasteiger partial charge in [0.15, 0.2) is 0 Å². The lowest BCUT2D eigenvalue weighted by atomic mass is 10.0. The summed E-state index contributed by atoms with van der Waals surface area (Å²) < 4.78 is 5.78. The summed E-state index contributed by atoms with van der Waals surface area (Å²) in [6.07, 6.45) is 1.55. The Balaban J connectivity index is 1.91.